The van der Waals surface area contributed by atoms with Gasteiger partial charge in [0, 0.05) is 19.3 Å². The summed E-state index contributed by atoms with van der Waals surface area (Å²) in [5.74, 6) is 0. The molecule has 15 heavy (non-hydrogen) atoms. The van der Waals surface area contributed by atoms with Crippen LogP contribution in [0.1, 0.15) is 27.2 Å². The maximum atomic E-state index is 11.6. The van der Waals surface area contributed by atoms with E-state index in [1.165, 1.54) is 5.57 Å². The molecule has 0 fully saturated rings. The molecule has 0 unspecified atom stereocenters. The van der Waals surface area contributed by atoms with Crippen LogP contribution in [0.5, 0.6) is 0 Å². The Hall–Kier alpha value is -1.03. The number of likely N-dealkylation sites (N-methyl/N-ethyl adjacent to an activating group) is 1. The van der Waals surface area contributed by atoms with E-state index in [2.05, 4.69) is 5.32 Å². The maximum absolute atomic E-state index is 11.6. The minimum atomic E-state index is -0.420. The van der Waals surface area contributed by atoms with Crippen LogP contribution in [0.2, 0.25) is 0 Å². The van der Waals surface area contributed by atoms with E-state index >= 15 is 0 Å². The van der Waals surface area contributed by atoms with E-state index in [1.54, 1.807) is 4.90 Å². The van der Waals surface area contributed by atoms with Crippen LogP contribution >= 0.6 is 0 Å². The van der Waals surface area contributed by atoms with E-state index < -0.39 is 5.60 Å². The van der Waals surface area contributed by atoms with Crippen LogP contribution in [-0.4, -0.2) is 36.7 Å². The molecule has 0 aromatic carbocycles. The molecular formula is C11H20N2O2. The predicted molar refractivity (Wildman–Crippen MR) is 59.6 cm³/mol. The highest BCUT2D eigenvalue weighted by Crippen LogP contribution is 2.17. The third-order valence-corrected chi connectivity index (χ3v) is 2.04. The van der Waals surface area contributed by atoms with Crippen LogP contribution in [0.15, 0.2) is 11.8 Å². The van der Waals surface area contributed by atoms with Crippen molar-refractivity contribution in [3.63, 3.8) is 0 Å². The minimum absolute atomic E-state index is 0.256. The molecule has 0 spiro atoms. The Morgan fingerprint density at radius 1 is 1.60 bits per heavy atom. The zero-order valence-electron chi connectivity index (χ0n) is 9.96. The summed E-state index contributed by atoms with van der Waals surface area (Å²) in [6.07, 6.45) is 2.55. The lowest BCUT2D eigenvalue weighted by atomic mass is 10.2. The van der Waals surface area contributed by atoms with Gasteiger partial charge in [-0.15, -0.1) is 0 Å². The first-order chi connectivity index (χ1) is 6.92. The molecule has 0 saturated heterocycles. The van der Waals surface area contributed by atoms with Crippen molar-refractivity contribution in [3.8, 4) is 0 Å². The van der Waals surface area contributed by atoms with Crippen molar-refractivity contribution in [2.45, 2.75) is 32.8 Å². The second kappa shape index (κ2) is 4.66. The van der Waals surface area contributed by atoms with Crippen molar-refractivity contribution in [1.82, 2.24) is 10.2 Å². The first kappa shape index (κ1) is 12.0. The normalized spacial score (nSPS) is 16.5. The van der Waals surface area contributed by atoms with Gasteiger partial charge in [0.2, 0.25) is 0 Å². The summed E-state index contributed by atoms with van der Waals surface area (Å²) in [4.78, 5) is 13.3. The highest BCUT2D eigenvalue weighted by atomic mass is 16.6. The Kier molecular flexibility index (Phi) is 3.74. The summed E-state index contributed by atoms with van der Waals surface area (Å²) < 4.78 is 5.27. The molecule has 1 N–H and O–H groups in total. The molecule has 0 bridgehead atoms. The number of hydrogen-bond acceptors (Lipinski definition) is 3. The van der Waals surface area contributed by atoms with Gasteiger partial charge >= 0.3 is 6.09 Å². The van der Waals surface area contributed by atoms with Gasteiger partial charge in [-0.2, -0.15) is 0 Å². The second-order valence-corrected chi connectivity index (χ2v) is 4.74. The van der Waals surface area contributed by atoms with Crippen LogP contribution < -0.4 is 5.32 Å². The third-order valence-electron chi connectivity index (χ3n) is 2.04. The molecule has 0 atom stereocenters. The highest BCUT2D eigenvalue weighted by Gasteiger charge is 2.23. The van der Waals surface area contributed by atoms with E-state index in [4.69, 9.17) is 4.74 Å². The second-order valence-electron chi connectivity index (χ2n) is 4.74. The van der Waals surface area contributed by atoms with Gasteiger partial charge in [-0.1, -0.05) is 0 Å². The van der Waals surface area contributed by atoms with Gasteiger partial charge in [0.1, 0.15) is 5.60 Å². The molecule has 1 aliphatic rings. The number of amides is 1. The molecule has 0 aromatic rings. The van der Waals surface area contributed by atoms with Gasteiger partial charge in [0.25, 0.3) is 0 Å². The number of ether oxygens (including phenoxy) is 1. The quantitative estimate of drug-likeness (QED) is 0.758. The summed E-state index contributed by atoms with van der Waals surface area (Å²) in [6, 6.07) is 0. The molecule has 1 amide bonds. The maximum Gasteiger partial charge on any atom is 0.414 e. The number of rotatable bonds is 2. The number of carbonyl (C=O) groups is 1. The molecule has 0 aliphatic carbocycles. The lowest BCUT2D eigenvalue weighted by molar-refractivity contribution is 0.0349. The fourth-order valence-corrected chi connectivity index (χ4v) is 1.44. The molecular weight excluding hydrogens is 192 g/mol. The van der Waals surface area contributed by atoms with Gasteiger partial charge in [-0.25, -0.2) is 4.79 Å². The molecule has 0 saturated carbocycles. The smallest absolute Gasteiger partial charge is 0.414 e. The topological polar surface area (TPSA) is 41.6 Å². The van der Waals surface area contributed by atoms with Gasteiger partial charge in [-0.3, -0.25) is 4.90 Å². The fourth-order valence-electron chi connectivity index (χ4n) is 1.44. The minimum Gasteiger partial charge on any atom is -0.443 e. The Labute approximate surface area is 91.3 Å². The van der Waals surface area contributed by atoms with Crippen molar-refractivity contribution in [3.05, 3.63) is 11.8 Å². The lowest BCUT2D eigenvalue weighted by Gasteiger charge is -2.23. The van der Waals surface area contributed by atoms with Crippen molar-refractivity contribution >= 4 is 6.09 Å². The summed E-state index contributed by atoms with van der Waals surface area (Å²) in [7, 11) is 1.90. The molecule has 1 heterocycles. The highest BCUT2D eigenvalue weighted by molar-refractivity contribution is 5.70. The van der Waals surface area contributed by atoms with Crippen LogP contribution in [0, 0.1) is 0 Å². The van der Waals surface area contributed by atoms with Crippen molar-refractivity contribution < 1.29 is 9.53 Å². The summed E-state index contributed by atoms with van der Waals surface area (Å²) in [6.45, 7) is 7.18. The van der Waals surface area contributed by atoms with E-state index in [0.717, 1.165) is 19.5 Å². The number of nitrogens with zero attached hydrogens (tertiary/aromatic N) is 1. The van der Waals surface area contributed by atoms with Gasteiger partial charge in [0.05, 0.1) is 0 Å². The van der Waals surface area contributed by atoms with E-state index in [0.29, 0.717) is 0 Å². The molecule has 1 rings (SSSR count). The summed E-state index contributed by atoms with van der Waals surface area (Å²) in [5, 5.41) is 3.07. The number of nitrogens with one attached hydrogen (secondary N) is 1. The average Bonchev–Trinajstić information content (AvgIpc) is 2.50. The predicted octanol–water partition coefficient (Wildman–Crippen LogP) is 1.73. The van der Waals surface area contributed by atoms with E-state index in [1.807, 2.05) is 34.0 Å². The zero-order valence-corrected chi connectivity index (χ0v) is 9.96. The Balaban J connectivity index is 2.49. The van der Waals surface area contributed by atoms with Gasteiger partial charge < -0.3 is 10.1 Å². The molecule has 0 aromatic heterocycles. The van der Waals surface area contributed by atoms with Crippen LogP contribution in [0.3, 0.4) is 0 Å². The fraction of sp³-hybridized carbons (Fsp3) is 0.727. The summed E-state index contributed by atoms with van der Waals surface area (Å²) >= 11 is 0. The van der Waals surface area contributed by atoms with Crippen LogP contribution in [0.4, 0.5) is 4.79 Å². The Bertz CT molecular complexity index is 266. The first-order valence-corrected chi connectivity index (χ1v) is 5.26. The molecule has 1 aliphatic heterocycles. The zero-order chi connectivity index (χ0) is 11.5. The average molecular weight is 212 g/mol. The van der Waals surface area contributed by atoms with Crippen molar-refractivity contribution in [2.24, 2.45) is 0 Å². The lowest BCUT2D eigenvalue weighted by Crippen LogP contribution is -2.32. The third kappa shape index (κ3) is 3.91. The first-order valence-electron chi connectivity index (χ1n) is 5.26. The molecule has 4 heteroatoms. The Morgan fingerprint density at radius 3 is 2.80 bits per heavy atom. The molecule has 4 nitrogen and oxygen atoms in total. The monoisotopic (exact) mass is 212 g/mol. The van der Waals surface area contributed by atoms with Gasteiger partial charge in [0.15, 0.2) is 0 Å². The Morgan fingerprint density at radius 2 is 2.27 bits per heavy atom. The SMILES string of the molecule is CNCC1=CN(C(=O)OC(C)(C)C)CC1. The van der Waals surface area contributed by atoms with Crippen molar-refractivity contribution in [1.29, 1.82) is 0 Å². The standard InChI is InChI=1S/C11H20N2O2/c1-11(2,3)15-10(14)13-6-5-9(8-13)7-12-4/h8,12H,5-7H2,1-4H3. The van der Waals surface area contributed by atoms with E-state index in [-0.39, 0.29) is 6.09 Å². The summed E-state index contributed by atoms with van der Waals surface area (Å²) in [5.41, 5.74) is 0.819. The van der Waals surface area contributed by atoms with Gasteiger partial charge in [-0.05, 0) is 39.8 Å². The largest absolute Gasteiger partial charge is 0.443 e. The van der Waals surface area contributed by atoms with E-state index in [9.17, 15) is 4.79 Å². The molecule has 86 valence electrons. The number of hydrogen-bond donors (Lipinski definition) is 1. The molecule has 0 radical (unpaired) electrons. The number of carbonyl (C=O) groups excluding carboxylic acids is 1. The van der Waals surface area contributed by atoms with Crippen LogP contribution in [-0.2, 0) is 4.74 Å². The van der Waals surface area contributed by atoms with Crippen molar-refractivity contribution in [2.75, 3.05) is 20.1 Å². The van der Waals surface area contributed by atoms with Crippen LogP contribution in [0.25, 0.3) is 0 Å².